The minimum Gasteiger partial charge on any atom is -0.0651 e. The third kappa shape index (κ3) is 1.69. The maximum atomic E-state index is 3.51. The fourth-order valence-electron chi connectivity index (χ4n) is 1.58. The van der Waals surface area contributed by atoms with Gasteiger partial charge in [0.05, 0.1) is 0 Å². The van der Waals surface area contributed by atoms with E-state index in [9.17, 15) is 0 Å². The first-order valence-electron chi connectivity index (χ1n) is 4.91. The van der Waals surface area contributed by atoms with Crippen molar-refractivity contribution in [2.45, 2.75) is 38.5 Å². The highest BCUT2D eigenvalue weighted by molar-refractivity contribution is 5.27. The maximum Gasteiger partial charge on any atom is -0.0111 e. The highest BCUT2D eigenvalue weighted by atomic mass is 14.3. The average Bonchev–Trinajstić information content (AvgIpc) is 2.88. The Morgan fingerprint density at radius 2 is 2.25 bits per heavy atom. The molecule has 0 saturated heterocycles. The van der Waals surface area contributed by atoms with Crippen LogP contribution in [0.1, 0.15) is 43.2 Å². The molecule has 0 aromatic heterocycles. The summed E-state index contributed by atoms with van der Waals surface area (Å²) in [5.74, 6) is 0.849. The van der Waals surface area contributed by atoms with Gasteiger partial charge in [-0.25, -0.2) is 0 Å². The van der Waals surface area contributed by atoms with E-state index < -0.39 is 0 Å². The molecule has 1 saturated carbocycles. The largest absolute Gasteiger partial charge is 0.0651 e. The number of aryl methyl sites for hydroxylation is 1. The summed E-state index contributed by atoms with van der Waals surface area (Å²) in [5.41, 5.74) is 2.84. The van der Waals surface area contributed by atoms with Gasteiger partial charge in [0, 0.05) is 0 Å². The topological polar surface area (TPSA) is 0 Å². The van der Waals surface area contributed by atoms with E-state index in [1.165, 1.54) is 36.8 Å². The molecule has 1 aliphatic carbocycles. The molecule has 0 heterocycles. The lowest BCUT2D eigenvalue weighted by atomic mass is 10.0. The Balaban J connectivity index is 2.15. The standard InChI is InChI=1S/C12H15/c1-2-4-10-5-3-6-12(9-10)11-7-8-11/h3,5-6,11H,2,4,7-8H2,1H3. The van der Waals surface area contributed by atoms with Gasteiger partial charge in [-0.2, -0.15) is 0 Å². The van der Waals surface area contributed by atoms with Crippen molar-refractivity contribution in [2.24, 2.45) is 0 Å². The van der Waals surface area contributed by atoms with Crippen LogP contribution in [0, 0.1) is 6.07 Å². The normalized spacial score (nSPS) is 16.4. The molecule has 0 nitrogen and oxygen atoms in total. The van der Waals surface area contributed by atoms with Crippen LogP contribution in [0.5, 0.6) is 0 Å². The molecule has 1 aliphatic rings. The Morgan fingerprint density at radius 1 is 1.42 bits per heavy atom. The highest BCUT2D eigenvalue weighted by Gasteiger charge is 2.23. The van der Waals surface area contributed by atoms with E-state index in [0.717, 1.165) is 5.92 Å². The van der Waals surface area contributed by atoms with Crippen molar-refractivity contribution in [3.63, 3.8) is 0 Å². The van der Waals surface area contributed by atoms with Crippen molar-refractivity contribution in [1.29, 1.82) is 0 Å². The van der Waals surface area contributed by atoms with Crippen LogP contribution in [0.2, 0.25) is 0 Å². The monoisotopic (exact) mass is 159 g/mol. The number of hydrogen-bond acceptors (Lipinski definition) is 0. The summed E-state index contributed by atoms with van der Waals surface area (Å²) in [6, 6.07) is 10.1. The van der Waals surface area contributed by atoms with E-state index in [0.29, 0.717) is 0 Å². The molecule has 0 atom stereocenters. The van der Waals surface area contributed by atoms with Gasteiger partial charge >= 0.3 is 0 Å². The Labute approximate surface area is 74.6 Å². The molecule has 1 fully saturated rings. The summed E-state index contributed by atoms with van der Waals surface area (Å²) in [6.45, 7) is 2.22. The van der Waals surface area contributed by atoms with Crippen molar-refractivity contribution < 1.29 is 0 Å². The molecular formula is C12H15. The molecular weight excluding hydrogens is 144 g/mol. The molecule has 2 rings (SSSR count). The summed E-state index contributed by atoms with van der Waals surface area (Å²) in [6.07, 6.45) is 5.17. The molecule has 12 heavy (non-hydrogen) atoms. The van der Waals surface area contributed by atoms with Gasteiger partial charge in [-0.15, -0.1) is 0 Å². The first-order valence-corrected chi connectivity index (χ1v) is 4.91. The van der Waals surface area contributed by atoms with Gasteiger partial charge in [0.25, 0.3) is 0 Å². The van der Waals surface area contributed by atoms with E-state index in [2.05, 4.69) is 31.2 Å². The molecule has 0 amide bonds. The fourth-order valence-corrected chi connectivity index (χ4v) is 1.58. The second-order valence-corrected chi connectivity index (χ2v) is 3.66. The molecule has 1 aromatic carbocycles. The van der Waals surface area contributed by atoms with Gasteiger partial charge < -0.3 is 0 Å². The molecule has 0 bridgehead atoms. The van der Waals surface area contributed by atoms with Crippen molar-refractivity contribution >= 4 is 0 Å². The Kier molecular flexibility index (Phi) is 2.16. The van der Waals surface area contributed by atoms with E-state index in [4.69, 9.17) is 0 Å². The molecule has 0 spiro atoms. The Hall–Kier alpha value is -0.780. The zero-order valence-electron chi connectivity index (χ0n) is 7.64. The van der Waals surface area contributed by atoms with E-state index >= 15 is 0 Å². The third-order valence-corrected chi connectivity index (χ3v) is 2.41. The molecule has 1 aromatic rings. The number of hydrogen-bond donors (Lipinski definition) is 0. The van der Waals surface area contributed by atoms with E-state index in [1.54, 1.807) is 0 Å². The molecule has 0 N–H and O–H groups in total. The quantitative estimate of drug-likeness (QED) is 0.634. The van der Waals surface area contributed by atoms with Crippen LogP contribution >= 0.6 is 0 Å². The van der Waals surface area contributed by atoms with Crippen molar-refractivity contribution in [3.8, 4) is 0 Å². The Bertz CT molecular complexity index is 258. The minimum absolute atomic E-state index is 0.849. The van der Waals surface area contributed by atoms with E-state index in [1.807, 2.05) is 0 Å². The van der Waals surface area contributed by atoms with Crippen LogP contribution in [-0.4, -0.2) is 0 Å². The zero-order valence-corrected chi connectivity index (χ0v) is 7.64. The second kappa shape index (κ2) is 3.30. The van der Waals surface area contributed by atoms with Crippen molar-refractivity contribution in [1.82, 2.24) is 0 Å². The predicted octanol–water partition coefficient (Wildman–Crippen LogP) is 3.32. The summed E-state index contributed by atoms with van der Waals surface area (Å²) in [7, 11) is 0. The van der Waals surface area contributed by atoms with E-state index in [-0.39, 0.29) is 0 Å². The summed E-state index contributed by atoms with van der Waals surface area (Å²) in [4.78, 5) is 0. The van der Waals surface area contributed by atoms with Crippen LogP contribution in [0.15, 0.2) is 18.2 Å². The summed E-state index contributed by atoms with van der Waals surface area (Å²) in [5, 5.41) is 0. The first kappa shape index (κ1) is 7.85. The average molecular weight is 159 g/mol. The van der Waals surface area contributed by atoms with Gasteiger partial charge in [-0.1, -0.05) is 31.5 Å². The smallest absolute Gasteiger partial charge is 0.0111 e. The lowest BCUT2D eigenvalue weighted by Gasteiger charge is -2.00. The first-order chi connectivity index (χ1) is 5.90. The van der Waals surface area contributed by atoms with Crippen LogP contribution in [0.4, 0.5) is 0 Å². The maximum absolute atomic E-state index is 3.51. The van der Waals surface area contributed by atoms with Gasteiger partial charge in [-0.3, -0.25) is 0 Å². The predicted molar refractivity (Wildman–Crippen MR) is 51.2 cm³/mol. The minimum atomic E-state index is 0.849. The van der Waals surface area contributed by atoms with Gasteiger partial charge in [0.2, 0.25) is 0 Å². The lowest BCUT2D eigenvalue weighted by Crippen LogP contribution is -1.86. The lowest BCUT2D eigenvalue weighted by molar-refractivity contribution is 0.914. The van der Waals surface area contributed by atoms with Gasteiger partial charge in [-0.05, 0) is 42.4 Å². The number of benzene rings is 1. The Morgan fingerprint density at radius 3 is 2.92 bits per heavy atom. The van der Waals surface area contributed by atoms with Crippen LogP contribution in [0.25, 0.3) is 0 Å². The second-order valence-electron chi connectivity index (χ2n) is 3.66. The summed E-state index contributed by atoms with van der Waals surface area (Å²) < 4.78 is 0. The fraction of sp³-hybridized carbons (Fsp3) is 0.500. The molecule has 0 heteroatoms. The van der Waals surface area contributed by atoms with Crippen molar-refractivity contribution in [2.75, 3.05) is 0 Å². The van der Waals surface area contributed by atoms with Crippen LogP contribution < -0.4 is 0 Å². The number of rotatable bonds is 3. The van der Waals surface area contributed by atoms with Gasteiger partial charge in [0.1, 0.15) is 0 Å². The SMILES string of the molecule is CCCc1[c]c(C2CC2)ccc1. The van der Waals surface area contributed by atoms with Gasteiger partial charge in [0.15, 0.2) is 0 Å². The van der Waals surface area contributed by atoms with Crippen LogP contribution in [-0.2, 0) is 6.42 Å². The van der Waals surface area contributed by atoms with Crippen LogP contribution in [0.3, 0.4) is 0 Å². The molecule has 63 valence electrons. The summed E-state index contributed by atoms with van der Waals surface area (Å²) >= 11 is 0. The highest BCUT2D eigenvalue weighted by Crippen LogP contribution is 2.39. The zero-order chi connectivity index (χ0) is 8.39. The van der Waals surface area contributed by atoms with Crippen molar-refractivity contribution in [3.05, 3.63) is 35.4 Å². The third-order valence-electron chi connectivity index (χ3n) is 2.41. The molecule has 0 unspecified atom stereocenters. The molecule has 0 aliphatic heterocycles. The molecule has 1 radical (unpaired) electrons.